The highest BCUT2D eigenvalue weighted by Crippen LogP contribution is 2.29. The Morgan fingerprint density at radius 1 is 1.21 bits per heavy atom. The lowest BCUT2D eigenvalue weighted by molar-refractivity contribution is -0.147. The normalized spacial score (nSPS) is 33.6. The Hall–Kier alpha value is -1.83. The van der Waals surface area contributed by atoms with E-state index in [4.69, 9.17) is 10.4 Å². The van der Waals surface area contributed by atoms with Crippen molar-refractivity contribution in [3.05, 3.63) is 12.2 Å². The molecule has 5 heteroatoms. The number of aliphatic carboxylic acids is 1. The van der Waals surface area contributed by atoms with E-state index in [1.807, 2.05) is 12.2 Å². The largest absolute Gasteiger partial charge is 0.481 e. The van der Waals surface area contributed by atoms with Crippen molar-refractivity contribution < 1.29 is 14.7 Å². The van der Waals surface area contributed by atoms with E-state index in [-0.39, 0.29) is 17.9 Å². The summed E-state index contributed by atoms with van der Waals surface area (Å²) in [6, 6.07) is 2.10. The minimum absolute atomic E-state index is 0.113. The molecule has 0 aliphatic heterocycles. The van der Waals surface area contributed by atoms with Gasteiger partial charge >= 0.3 is 5.97 Å². The molecule has 19 heavy (non-hydrogen) atoms. The molecule has 0 bridgehead atoms. The fourth-order valence-electron chi connectivity index (χ4n) is 2.95. The zero-order chi connectivity index (χ0) is 13.8. The van der Waals surface area contributed by atoms with Crippen LogP contribution >= 0.6 is 0 Å². The first-order chi connectivity index (χ1) is 9.13. The smallest absolute Gasteiger partial charge is 0.307 e. The van der Waals surface area contributed by atoms with Gasteiger partial charge in [0.05, 0.1) is 23.8 Å². The van der Waals surface area contributed by atoms with Crippen LogP contribution in [0.5, 0.6) is 0 Å². The molecule has 5 nitrogen and oxygen atoms in total. The van der Waals surface area contributed by atoms with Gasteiger partial charge in [0.1, 0.15) is 0 Å². The molecule has 102 valence electrons. The molecule has 4 unspecified atom stereocenters. The summed E-state index contributed by atoms with van der Waals surface area (Å²) in [7, 11) is 0. The van der Waals surface area contributed by atoms with E-state index in [0.29, 0.717) is 12.8 Å². The van der Waals surface area contributed by atoms with Gasteiger partial charge in [-0.2, -0.15) is 5.26 Å². The lowest BCUT2D eigenvalue weighted by Gasteiger charge is -2.26. The number of carbonyl (C=O) groups excluding carboxylic acids is 1. The standard InChI is InChI=1S/C14H18N2O3/c15-8-9-4-3-7-12(9)16-13(17)10-5-1-2-6-11(10)14(18)19/h1-2,9-12H,3-7H2,(H,16,17)(H,18,19). The van der Waals surface area contributed by atoms with Crippen LogP contribution in [0.15, 0.2) is 12.2 Å². The molecule has 1 fully saturated rings. The molecular formula is C14H18N2O3. The van der Waals surface area contributed by atoms with Crippen LogP contribution in [0.1, 0.15) is 32.1 Å². The van der Waals surface area contributed by atoms with Gasteiger partial charge < -0.3 is 10.4 Å². The molecule has 0 aromatic carbocycles. The highest BCUT2D eigenvalue weighted by atomic mass is 16.4. The van der Waals surface area contributed by atoms with Gasteiger partial charge in [-0.05, 0) is 32.1 Å². The third kappa shape index (κ3) is 2.95. The second-order valence-electron chi connectivity index (χ2n) is 5.28. The summed E-state index contributed by atoms with van der Waals surface area (Å²) in [5, 5.41) is 21.0. The first-order valence-electron chi connectivity index (χ1n) is 6.71. The Labute approximate surface area is 112 Å². The first kappa shape index (κ1) is 13.6. The van der Waals surface area contributed by atoms with Gasteiger partial charge in [-0.1, -0.05) is 12.2 Å². The molecule has 0 aromatic heterocycles. The van der Waals surface area contributed by atoms with E-state index in [9.17, 15) is 9.59 Å². The number of nitriles is 1. The van der Waals surface area contributed by atoms with E-state index in [2.05, 4.69) is 11.4 Å². The Morgan fingerprint density at radius 2 is 1.89 bits per heavy atom. The maximum Gasteiger partial charge on any atom is 0.307 e. The van der Waals surface area contributed by atoms with Crippen LogP contribution in [0.2, 0.25) is 0 Å². The van der Waals surface area contributed by atoms with Gasteiger partial charge in [0.2, 0.25) is 5.91 Å². The molecule has 2 aliphatic rings. The number of allylic oxidation sites excluding steroid dienone is 2. The molecule has 2 aliphatic carbocycles. The molecule has 4 atom stereocenters. The predicted octanol–water partition coefficient (Wildman–Crippen LogP) is 1.46. The van der Waals surface area contributed by atoms with Crippen molar-refractivity contribution in [2.24, 2.45) is 17.8 Å². The van der Waals surface area contributed by atoms with E-state index >= 15 is 0 Å². The monoisotopic (exact) mass is 262 g/mol. The van der Waals surface area contributed by atoms with Gasteiger partial charge in [0, 0.05) is 6.04 Å². The lowest BCUT2D eigenvalue weighted by Crippen LogP contribution is -2.44. The van der Waals surface area contributed by atoms with Crippen LogP contribution < -0.4 is 5.32 Å². The highest BCUT2D eigenvalue weighted by molar-refractivity contribution is 5.85. The molecule has 0 heterocycles. The summed E-state index contributed by atoms with van der Waals surface area (Å²) < 4.78 is 0. The molecule has 1 amide bonds. The summed E-state index contributed by atoms with van der Waals surface area (Å²) in [5.41, 5.74) is 0. The molecule has 0 saturated heterocycles. The lowest BCUT2D eigenvalue weighted by atomic mass is 9.82. The van der Waals surface area contributed by atoms with Crippen LogP contribution in [0.4, 0.5) is 0 Å². The molecule has 0 spiro atoms. The summed E-state index contributed by atoms with van der Waals surface area (Å²) in [4.78, 5) is 23.4. The van der Waals surface area contributed by atoms with E-state index in [1.54, 1.807) is 0 Å². The third-order valence-corrected chi connectivity index (χ3v) is 4.10. The summed E-state index contributed by atoms with van der Waals surface area (Å²) in [5.74, 6) is -2.43. The van der Waals surface area contributed by atoms with Crippen LogP contribution in [-0.4, -0.2) is 23.0 Å². The van der Waals surface area contributed by atoms with E-state index in [1.165, 1.54) is 0 Å². The molecule has 1 saturated carbocycles. The van der Waals surface area contributed by atoms with Crippen molar-refractivity contribution >= 4 is 11.9 Å². The highest BCUT2D eigenvalue weighted by Gasteiger charge is 2.36. The van der Waals surface area contributed by atoms with Crippen LogP contribution in [-0.2, 0) is 9.59 Å². The molecule has 2 N–H and O–H groups in total. The second kappa shape index (κ2) is 5.87. The first-order valence-corrected chi connectivity index (χ1v) is 6.71. The quantitative estimate of drug-likeness (QED) is 0.753. The fourth-order valence-corrected chi connectivity index (χ4v) is 2.95. The van der Waals surface area contributed by atoms with Crippen LogP contribution in [0, 0.1) is 29.1 Å². The third-order valence-electron chi connectivity index (χ3n) is 4.10. The summed E-state index contributed by atoms with van der Waals surface area (Å²) in [6.45, 7) is 0. The Balaban J connectivity index is 2.01. The minimum atomic E-state index is -0.923. The number of nitrogens with zero attached hydrogens (tertiary/aromatic N) is 1. The van der Waals surface area contributed by atoms with Crippen LogP contribution in [0.25, 0.3) is 0 Å². The van der Waals surface area contributed by atoms with Gasteiger partial charge in [0.15, 0.2) is 0 Å². The Kier molecular flexibility index (Phi) is 4.20. The van der Waals surface area contributed by atoms with Gasteiger partial charge in [-0.25, -0.2) is 0 Å². The van der Waals surface area contributed by atoms with Crippen molar-refractivity contribution in [1.29, 1.82) is 5.26 Å². The number of amides is 1. The van der Waals surface area contributed by atoms with Gasteiger partial charge in [-0.15, -0.1) is 0 Å². The summed E-state index contributed by atoms with van der Waals surface area (Å²) in [6.07, 6.45) is 7.11. The topological polar surface area (TPSA) is 90.2 Å². The number of hydrogen-bond donors (Lipinski definition) is 2. The molecule has 2 rings (SSSR count). The average Bonchev–Trinajstić information content (AvgIpc) is 2.85. The second-order valence-corrected chi connectivity index (χ2v) is 5.28. The van der Waals surface area contributed by atoms with Crippen molar-refractivity contribution in [1.82, 2.24) is 5.32 Å². The maximum absolute atomic E-state index is 12.2. The number of carboxylic acids is 1. The van der Waals surface area contributed by atoms with Gasteiger partial charge in [-0.3, -0.25) is 9.59 Å². The number of nitrogens with one attached hydrogen (secondary N) is 1. The SMILES string of the molecule is N#CC1CCCC1NC(=O)C1CC=CCC1C(=O)O. The van der Waals surface area contributed by atoms with E-state index in [0.717, 1.165) is 19.3 Å². The Morgan fingerprint density at radius 3 is 2.53 bits per heavy atom. The fraction of sp³-hybridized carbons (Fsp3) is 0.643. The Bertz CT molecular complexity index is 438. The molecule has 0 aromatic rings. The number of rotatable bonds is 3. The number of hydrogen-bond acceptors (Lipinski definition) is 3. The van der Waals surface area contributed by atoms with Crippen molar-refractivity contribution in [3.63, 3.8) is 0 Å². The number of carbonyl (C=O) groups is 2. The maximum atomic E-state index is 12.2. The van der Waals surface area contributed by atoms with Gasteiger partial charge in [0.25, 0.3) is 0 Å². The zero-order valence-electron chi connectivity index (χ0n) is 10.7. The average molecular weight is 262 g/mol. The number of carboxylic acid groups (broad SMARTS) is 1. The van der Waals surface area contributed by atoms with Crippen molar-refractivity contribution in [3.8, 4) is 6.07 Å². The zero-order valence-corrected chi connectivity index (χ0v) is 10.7. The minimum Gasteiger partial charge on any atom is -0.481 e. The van der Waals surface area contributed by atoms with Crippen molar-refractivity contribution in [2.75, 3.05) is 0 Å². The van der Waals surface area contributed by atoms with E-state index < -0.39 is 17.8 Å². The molecule has 0 radical (unpaired) electrons. The summed E-state index contributed by atoms with van der Waals surface area (Å²) >= 11 is 0. The molecular weight excluding hydrogens is 244 g/mol. The van der Waals surface area contributed by atoms with Crippen molar-refractivity contribution in [2.45, 2.75) is 38.1 Å². The van der Waals surface area contributed by atoms with Crippen LogP contribution in [0.3, 0.4) is 0 Å². The predicted molar refractivity (Wildman–Crippen MR) is 67.9 cm³/mol.